The van der Waals surface area contributed by atoms with Gasteiger partial charge in [0.15, 0.2) is 0 Å². The third-order valence-electron chi connectivity index (χ3n) is 3.06. The fourth-order valence-corrected chi connectivity index (χ4v) is 3.94. The Hall–Kier alpha value is -2.72. The maximum Gasteiger partial charge on any atom is 0.327 e. The Morgan fingerprint density at radius 3 is 1.90 bits per heavy atom. The molecule has 0 spiro atoms. The van der Waals surface area contributed by atoms with E-state index in [0.29, 0.717) is 0 Å². The quantitative estimate of drug-likeness (QED) is 0.0953. The fraction of sp³-hybridized carbons (Fsp3) is 0.571. The first kappa shape index (κ1) is 27.3. The van der Waals surface area contributed by atoms with Crippen LogP contribution in [-0.4, -0.2) is 93.8 Å². The van der Waals surface area contributed by atoms with E-state index in [1.807, 2.05) is 0 Å². The van der Waals surface area contributed by atoms with Crippen molar-refractivity contribution < 1.29 is 44.1 Å². The second-order valence-corrected chi connectivity index (χ2v) is 8.18. The first-order valence-electron chi connectivity index (χ1n) is 8.20. The van der Waals surface area contributed by atoms with Crippen molar-refractivity contribution >= 4 is 57.3 Å². The number of carbonyl (C=O) groups is 6. The van der Waals surface area contributed by atoms with Gasteiger partial charge in [-0.2, -0.15) is 0 Å². The Morgan fingerprint density at radius 1 is 0.867 bits per heavy atom. The van der Waals surface area contributed by atoms with Crippen LogP contribution in [0.2, 0.25) is 0 Å². The molecule has 170 valence electrons. The standard InChI is InChI=1S/C14H23N5O9S2/c1-6(20)18-9(13(26)27)5-30-29-4-8(11(23)16-3-10(21)22)19-14(28)17-2-7(15)12(24)25/h7-9H,2-5,15H2,1H3,(H,16,23)(H,18,20)(H,21,22)(H,24,25)(H,26,27)(H2,17,19,28)/t7-,8-,9-/m0/s1. The number of hydrogen-bond acceptors (Lipinski definition) is 9. The van der Waals surface area contributed by atoms with Gasteiger partial charge >= 0.3 is 23.9 Å². The van der Waals surface area contributed by atoms with E-state index in [9.17, 15) is 28.8 Å². The number of aliphatic carboxylic acids is 3. The predicted molar refractivity (Wildman–Crippen MR) is 107 cm³/mol. The van der Waals surface area contributed by atoms with Gasteiger partial charge in [-0.05, 0) is 0 Å². The minimum Gasteiger partial charge on any atom is -0.480 e. The van der Waals surface area contributed by atoms with Crippen molar-refractivity contribution in [2.24, 2.45) is 5.73 Å². The minimum atomic E-state index is -1.36. The lowest BCUT2D eigenvalue weighted by Crippen LogP contribution is -2.53. The number of rotatable bonds is 14. The van der Waals surface area contributed by atoms with Crippen molar-refractivity contribution in [1.29, 1.82) is 0 Å². The molecular weight excluding hydrogens is 446 g/mol. The summed E-state index contributed by atoms with van der Waals surface area (Å²) in [5, 5.41) is 35.1. The highest BCUT2D eigenvalue weighted by Gasteiger charge is 2.23. The van der Waals surface area contributed by atoms with E-state index in [1.54, 1.807) is 0 Å². The molecule has 0 aromatic carbocycles. The molecule has 0 heterocycles. The average molecular weight is 469 g/mol. The molecule has 0 aromatic rings. The molecule has 14 nitrogen and oxygen atoms in total. The third-order valence-corrected chi connectivity index (χ3v) is 5.49. The van der Waals surface area contributed by atoms with Crippen molar-refractivity contribution in [1.82, 2.24) is 21.3 Å². The van der Waals surface area contributed by atoms with Gasteiger partial charge in [-0.1, -0.05) is 21.6 Å². The fourth-order valence-electron chi connectivity index (χ4n) is 1.62. The third kappa shape index (κ3) is 12.7. The Kier molecular flexibility index (Phi) is 13.0. The molecule has 0 aliphatic rings. The molecule has 0 fully saturated rings. The van der Waals surface area contributed by atoms with Crippen molar-refractivity contribution in [3.05, 3.63) is 0 Å². The van der Waals surface area contributed by atoms with Crippen LogP contribution in [0.25, 0.3) is 0 Å². The number of amides is 4. The van der Waals surface area contributed by atoms with Gasteiger partial charge in [0.1, 0.15) is 24.7 Å². The van der Waals surface area contributed by atoms with Crippen LogP contribution in [0.3, 0.4) is 0 Å². The van der Waals surface area contributed by atoms with Gasteiger partial charge in [0, 0.05) is 25.0 Å². The first-order chi connectivity index (χ1) is 13.9. The highest BCUT2D eigenvalue weighted by Crippen LogP contribution is 2.23. The van der Waals surface area contributed by atoms with Crippen molar-refractivity contribution in [3.63, 3.8) is 0 Å². The second-order valence-electron chi connectivity index (χ2n) is 5.62. The van der Waals surface area contributed by atoms with Crippen LogP contribution < -0.4 is 27.0 Å². The van der Waals surface area contributed by atoms with Crippen molar-refractivity contribution in [2.75, 3.05) is 24.6 Å². The number of hydrogen-bond donors (Lipinski definition) is 8. The summed E-state index contributed by atoms with van der Waals surface area (Å²) in [6.07, 6.45) is 0. The Morgan fingerprint density at radius 2 is 1.43 bits per heavy atom. The van der Waals surface area contributed by atoms with E-state index < -0.39 is 67.0 Å². The summed E-state index contributed by atoms with van der Waals surface area (Å²) < 4.78 is 0. The minimum absolute atomic E-state index is 0.0390. The summed E-state index contributed by atoms with van der Waals surface area (Å²) >= 11 is 0. The topological polar surface area (TPSA) is 237 Å². The lowest BCUT2D eigenvalue weighted by Gasteiger charge is -2.19. The maximum absolute atomic E-state index is 12.1. The van der Waals surface area contributed by atoms with Crippen LogP contribution in [0, 0.1) is 0 Å². The van der Waals surface area contributed by atoms with Gasteiger partial charge in [-0.25, -0.2) is 9.59 Å². The number of nitrogens with two attached hydrogens (primary N) is 1. The first-order valence-corrected chi connectivity index (χ1v) is 10.7. The van der Waals surface area contributed by atoms with Crippen LogP contribution in [0.15, 0.2) is 0 Å². The molecule has 9 N–H and O–H groups in total. The summed E-state index contributed by atoms with van der Waals surface area (Å²) in [6.45, 7) is 0.0584. The van der Waals surface area contributed by atoms with E-state index in [1.165, 1.54) is 0 Å². The van der Waals surface area contributed by atoms with Gasteiger partial charge in [-0.3, -0.25) is 19.2 Å². The molecule has 3 atom stereocenters. The van der Waals surface area contributed by atoms with E-state index in [-0.39, 0.29) is 11.5 Å². The number of carboxylic acid groups (broad SMARTS) is 3. The molecular formula is C14H23N5O9S2. The Bertz CT molecular complexity index is 664. The molecule has 0 bridgehead atoms. The highest BCUT2D eigenvalue weighted by atomic mass is 33.1. The Labute approximate surface area is 178 Å². The van der Waals surface area contributed by atoms with Crippen LogP contribution in [-0.2, 0) is 24.0 Å². The summed E-state index contributed by atoms with van der Waals surface area (Å²) in [5.74, 6) is -5.37. The molecule has 16 heteroatoms. The summed E-state index contributed by atoms with van der Waals surface area (Å²) in [6, 6.07) is -4.64. The molecule has 0 saturated heterocycles. The lowest BCUT2D eigenvalue weighted by molar-refractivity contribution is -0.141. The zero-order chi connectivity index (χ0) is 23.3. The van der Waals surface area contributed by atoms with Gasteiger partial charge in [0.25, 0.3) is 0 Å². The lowest BCUT2D eigenvalue weighted by atomic mass is 10.3. The Balaban J connectivity index is 4.76. The van der Waals surface area contributed by atoms with Gasteiger partial charge in [0.2, 0.25) is 11.8 Å². The normalized spacial score (nSPS) is 13.3. The summed E-state index contributed by atoms with van der Waals surface area (Å²) in [4.78, 5) is 67.3. The molecule has 0 unspecified atom stereocenters. The summed E-state index contributed by atoms with van der Waals surface area (Å²) in [7, 11) is 2.01. The molecule has 4 amide bonds. The van der Waals surface area contributed by atoms with Crippen molar-refractivity contribution in [3.8, 4) is 0 Å². The van der Waals surface area contributed by atoms with E-state index >= 15 is 0 Å². The second kappa shape index (κ2) is 14.3. The summed E-state index contributed by atoms with van der Waals surface area (Å²) in [5.41, 5.74) is 5.25. The molecule has 0 aliphatic heterocycles. The van der Waals surface area contributed by atoms with Gasteiger partial charge in [-0.15, -0.1) is 0 Å². The van der Waals surface area contributed by atoms with Crippen LogP contribution in [0.4, 0.5) is 4.79 Å². The monoisotopic (exact) mass is 469 g/mol. The van der Waals surface area contributed by atoms with Gasteiger partial charge in [0.05, 0.1) is 0 Å². The zero-order valence-electron chi connectivity index (χ0n) is 15.7. The number of carboxylic acids is 3. The zero-order valence-corrected chi connectivity index (χ0v) is 17.4. The largest absolute Gasteiger partial charge is 0.480 e. The van der Waals surface area contributed by atoms with Crippen LogP contribution in [0.5, 0.6) is 0 Å². The molecule has 0 aromatic heterocycles. The maximum atomic E-state index is 12.1. The number of carbonyl (C=O) groups excluding carboxylic acids is 3. The van der Waals surface area contributed by atoms with E-state index in [0.717, 1.165) is 28.5 Å². The van der Waals surface area contributed by atoms with Crippen LogP contribution in [0.1, 0.15) is 6.92 Å². The van der Waals surface area contributed by atoms with Crippen molar-refractivity contribution in [2.45, 2.75) is 25.0 Å². The highest BCUT2D eigenvalue weighted by molar-refractivity contribution is 8.76. The molecule has 0 aliphatic carbocycles. The number of urea groups is 1. The molecule has 30 heavy (non-hydrogen) atoms. The molecule has 0 radical (unpaired) electrons. The van der Waals surface area contributed by atoms with E-state index in [4.69, 9.17) is 21.1 Å². The van der Waals surface area contributed by atoms with Gasteiger partial charge < -0.3 is 42.3 Å². The predicted octanol–water partition coefficient (Wildman–Crippen LogP) is -2.76. The smallest absolute Gasteiger partial charge is 0.327 e. The molecule has 0 saturated carbocycles. The van der Waals surface area contributed by atoms with E-state index in [2.05, 4.69) is 21.3 Å². The average Bonchev–Trinajstić information content (AvgIpc) is 2.64. The SMILES string of the molecule is CC(=O)N[C@@H](CSSC[C@H](NC(=O)NC[C@H](N)C(=O)O)C(=O)NCC(=O)O)C(=O)O. The van der Waals surface area contributed by atoms with Crippen LogP contribution >= 0.6 is 21.6 Å². The number of nitrogens with one attached hydrogen (secondary N) is 4. The molecule has 0 rings (SSSR count).